The van der Waals surface area contributed by atoms with Crippen LogP contribution in [0, 0.1) is 15.9 Å². The zero-order chi connectivity index (χ0) is 24.8. The number of pyridine rings is 1. The van der Waals surface area contributed by atoms with Gasteiger partial charge in [0.2, 0.25) is 11.8 Å². The summed E-state index contributed by atoms with van der Waals surface area (Å²) in [5.74, 6) is -2.04. The van der Waals surface area contributed by atoms with Gasteiger partial charge in [0.05, 0.1) is 24.1 Å². The largest absolute Gasteiger partial charge is 0.465 e. The molecule has 0 unspecified atom stereocenters. The van der Waals surface area contributed by atoms with E-state index in [2.05, 4.69) is 10.1 Å². The average molecular weight is 475 g/mol. The van der Waals surface area contributed by atoms with Crippen LogP contribution in [0.4, 0.5) is 15.8 Å². The Morgan fingerprint density at radius 2 is 1.76 bits per heavy atom. The minimum Gasteiger partial charge on any atom is -0.465 e. The molecule has 0 spiro atoms. The van der Waals surface area contributed by atoms with Gasteiger partial charge in [-0.3, -0.25) is 34.0 Å². The second kappa shape index (κ2) is 10.7. The molecule has 2 heterocycles. The number of methoxy groups -OCH3 is 1. The second-order valence-corrected chi connectivity index (χ2v) is 7.51. The van der Waals surface area contributed by atoms with Gasteiger partial charge in [0.25, 0.3) is 0 Å². The van der Waals surface area contributed by atoms with Crippen molar-refractivity contribution in [1.29, 1.82) is 0 Å². The molecule has 1 aliphatic rings. The Kier molecular flexibility index (Phi) is 7.68. The average Bonchev–Trinajstić information content (AvgIpc) is 2.81. The summed E-state index contributed by atoms with van der Waals surface area (Å²) in [7, 11) is 1.09. The smallest absolute Gasteiger partial charge is 0.339 e. The molecule has 1 aromatic heterocycles. The van der Waals surface area contributed by atoms with Crippen molar-refractivity contribution < 1.29 is 28.4 Å². The van der Waals surface area contributed by atoms with Gasteiger partial charge in [-0.25, -0.2) is 9.18 Å². The maximum Gasteiger partial charge on any atom is 0.339 e. The molecule has 180 valence electrons. The lowest BCUT2D eigenvalue weighted by atomic mass is 10.2. The molecule has 2 aromatic rings. The predicted molar refractivity (Wildman–Crippen MR) is 117 cm³/mol. The van der Waals surface area contributed by atoms with Crippen LogP contribution in [0.15, 0.2) is 41.3 Å². The highest BCUT2D eigenvalue weighted by molar-refractivity contribution is 5.92. The highest BCUT2D eigenvalue weighted by atomic mass is 19.1. The van der Waals surface area contributed by atoms with E-state index in [0.717, 1.165) is 23.9 Å². The number of esters is 1. The van der Waals surface area contributed by atoms with Crippen LogP contribution in [0.2, 0.25) is 0 Å². The van der Waals surface area contributed by atoms with Crippen molar-refractivity contribution in [2.24, 2.45) is 0 Å². The summed E-state index contributed by atoms with van der Waals surface area (Å²) in [4.78, 5) is 62.6. The normalized spacial score (nSPS) is 13.9. The van der Waals surface area contributed by atoms with Crippen molar-refractivity contribution in [1.82, 2.24) is 14.4 Å². The van der Waals surface area contributed by atoms with Gasteiger partial charge in [-0.1, -0.05) is 0 Å². The zero-order valence-corrected chi connectivity index (χ0v) is 18.2. The van der Waals surface area contributed by atoms with Gasteiger partial charge in [0, 0.05) is 44.1 Å². The molecule has 34 heavy (non-hydrogen) atoms. The van der Waals surface area contributed by atoms with E-state index in [1.54, 1.807) is 0 Å². The second-order valence-electron chi connectivity index (χ2n) is 7.51. The Morgan fingerprint density at radius 1 is 1.12 bits per heavy atom. The third-order valence-electron chi connectivity index (χ3n) is 5.21. The van der Waals surface area contributed by atoms with E-state index in [1.165, 1.54) is 29.2 Å². The minimum absolute atomic E-state index is 0.0756. The third-order valence-corrected chi connectivity index (χ3v) is 5.21. The van der Waals surface area contributed by atoms with Crippen molar-refractivity contribution >= 4 is 29.2 Å². The number of carbonyl (C=O) groups excluding carboxylic acids is 3. The van der Waals surface area contributed by atoms with Gasteiger partial charge in [0.15, 0.2) is 0 Å². The molecule has 3 rings (SSSR count). The first kappa shape index (κ1) is 24.5. The standard InChI is InChI=1S/C21H22FN5O7/c1-34-21(31)14-10-17(27(32)33)20(30)26(11-14)13-19(29)25-8-6-24(7-9-25)12-18(28)23-16-4-2-15(22)3-5-16/h2-5,10-11H,6-9,12-13H2,1H3,(H,23,28). The molecule has 12 nitrogen and oxygen atoms in total. The Labute approximate surface area is 192 Å². The molecule has 1 aliphatic heterocycles. The fourth-order valence-electron chi connectivity index (χ4n) is 3.44. The van der Waals surface area contributed by atoms with Gasteiger partial charge in [-0.05, 0) is 24.3 Å². The summed E-state index contributed by atoms with van der Waals surface area (Å²) in [5, 5.41) is 13.8. The number of nitrogens with one attached hydrogen (secondary N) is 1. The van der Waals surface area contributed by atoms with E-state index in [4.69, 9.17) is 0 Å². The topological polar surface area (TPSA) is 144 Å². The number of halogens is 1. The molecule has 1 fully saturated rings. The number of carbonyl (C=O) groups is 3. The fourth-order valence-corrected chi connectivity index (χ4v) is 3.44. The number of piperazine rings is 1. The highest BCUT2D eigenvalue weighted by Crippen LogP contribution is 2.11. The minimum atomic E-state index is -1.01. The summed E-state index contributed by atoms with van der Waals surface area (Å²) in [6, 6.07) is 6.18. The molecule has 0 atom stereocenters. The maximum atomic E-state index is 13.0. The van der Waals surface area contributed by atoms with E-state index in [1.807, 2.05) is 4.90 Å². The van der Waals surface area contributed by atoms with Crippen molar-refractivity contribution in [2.45, 2.75) is 6.54 Å². The first-order valence-electron chi connectivity index (χ1n) is 10.2. The molecule has 0 radical (unpaired) electrons. The van der Waals surface area contributed by atoms with Crippen LogP contribution in [0.5, 0.6) is 0 Å². The van der Waals surface area contributed by atoms with Gasteiger partial charge < -0.3 is 15.0 Å². The van der Waals surface area contributed by atoms with Crippen LogP contribution in [-0.2, 0) is 20.9 Å². The van der Waals surface area contributed by atoms with E-state index in [9.17, 15) is 33.7 Å². The number of aromatic nitrogens is 1. The zero-order valence-electron chi connectivity index (χ0n) is 18.2. The number of nitro groups is 1. The van der Waals surface area contributed by atoms with Crippen molar-refractivity contribution in [3.05, 3.63) is 68.4 Å². The first-order chi connectivity index (χ1) is 16.2. The van der Waals surface area contributed by atoms with E-state index >= 15 is 0 Å². The van der Waals surface area contributed by atoms with Gasteiger partial charge >= 0.3 is 17.2 Å². The quantitative estimate of drug-likeness (QED) is 0.346. The lowest BCUT2D eigenvalue weighted by Gasteiger charge is -2.34. The van der Waals surface area contributed by atoms with Crippen LogP contribution in [-0.4, -0.2) is 76.9 Å². The summed E-state index contributed by atoms with van der Waals surface area (Å²) in [6.45, 7) is 0.911. The van der Waals surface area contributed by atoms with Crippen LogP contribution in [0.25, 0.3) is 0 Å². The summed E-state index contributed by atoms with van der Waals surface area (Å²) < 4.78 is 18.3. The highest BCUT2D eigenvalue weighted by Gasteiger charge is 2.25. The molecule has 0 saturated carbocycles. The monoisotopic (exact) mass is 475 g/mol. The summed E-state index contributed by atoms with van der Waals surface area (Å²) in [6.07, 6.45) is 1.05. The molecule has 0 bridgehead atoms. The summed E-state index contributed by atoms with van der Waals surface area (Å²) in [5.41, 5.74) is -1.61. The molecule has 2 amide bonds. The predicted octanol–water partition coefficient (Wildman–Crippen LogP) is 0.465. The van der Waals surface area contributed by atoms with Crippen molar-refractivity contribution in [2.75, 3.05) is 45.2 Å². The van der Waals surface area contributed by atoms with Gasteiger partial charge in [-0.2, -0.15) is 0 Å². The van der Waals surface area contributed by atoms with Gasteiger partial charge in [-0.15, -0.1) is 0 Å². The number of nitrogens with zero attached hydrogens (tertiary/aromatic N) is 4. The first-order valence-corrected chi connectivity index (χ1v) is 10.2. The molecular formula is C21H22FN5O7. The van der Waals surface area contributed by atoms with Crippen molar-refractivity contribution in [3.8, 4) is 0 Å². The lowest BCUT2D eigenvalue weighted by Crippen LogP contribution is -2.51. The van der Waals surface area contributed by atoms with Crippen LogP contribution < -0.4 is 10.9 Å². The van der Waals surface area contributed by atoms with Crippen LogP contribution in [0.3, 0.4) is 0 Å². The number of ether oxygens (including phenoxy) is 1. The van der Waals surface area contributed by atoms with Crippen LogP contribution in [0.1, 0.15) is 10.4 Å². The van der Waals surface area contributed by atoms with E-state index in [0.29, 0.717) is 18.8 Å². The number of amides is 2. The number of benzene rings is 1. The molecular weight excluding hydrogens is 453 g/mol. The number of rotatable bonds is 7. The lowest BCUT2D eigenvalue weighted by molar-refractivity contribution is -0.386. The van der Waals surface area contributed by atoms with E-state index < -0.39 is 40.4 Å². The Hall–Kier alpha value is -4.13. The van der Waals surface area contributed by atoms with Crippen molar-refractivity contribution in [3.63, 3.8) is 0 Å². The molecule has 1 saturated heterocycles. The SMILES string of the molecule is COC(=O)c1cc([N+](=O)[O-])c(=O)n(CC(=O)N2CCN(CC(=O)Nc3ccc(F)cc3)CC2)c1. The Bertz CT molecular complexity index is 1160. The fraction of sp³-hybridized carbons (Fsp3) is 0.333. The molecule has 1 N–H and O–H groups in total. The molecule has 1 aromatic carbocycles. The third kappa shape index (κ3) is 6.01. The van der Waals surface area contributed by atoms with E-state index in [-0.39, 0.29) is 31.1 Å². The van der Waals surface area contributed by atoms with Crippen LogP contribution >= 0.6 is 0 Å². The molecule has 0 aliphatic carbocycles. The number of hydrogen-bond donors (Lipinski definition) is 1. The van der Waals surface area contributed by atoms with Gasteiger partial charge in [0.1, 0.15) is 12.4 Å². The number of hydrogen-bond acceptors (Lipinski definition) is 8. The molecule has 13 heteroatoms. The Balaban J connectivity index is 1.58. The Morgan fingerprint density at radius 3 is 2.35 bits per heavy atom. The maximum absolute atomic E-state index is 13.0. The summed E-state index contributed by atoms with van der Waals surface area (Å²) >= 11 is 0. The number of anilines is 1.